The molecule has 2 heterocycles. The molecule has 1 aromatic heterocycles. The molecule has 1 saturated heterocycles. The second-order valence-electron chi connectivity index (χ2n) is 6.28. The third kappa shape index (κ3) is 4.66. The van der Waals surface area contributed by atoms with Gasteiger partial charge in [0.2, 0.25) is 5.91 Å². The lowest BCUT2D eigenvalue weighted by Crippen LogP contribution is -2.42. The van der Waals surface area contributed by atoms with E-state index in [1.54, 1.807) is 28.4 Å². The first-order valence-corrected chi connectivity index (χ1v) is 9.34. The number of nitrogens with one attached hydrogen (secondary N) is 1. The minimum absolute atomic E-state index is 0.0345. The highest BCUT2D eigenvalue weighted by Crippen LogP contribution is 2.19. The van der Waals surface area contributed by atoms with Crippen molar-refractivity contribution in [1.82, 2.24) is 10.2 Å². The molecule has 132 valence electrons. The zero-order chi connectivity index (χ0) is 17.6. The molecule has 1 fully saturated rings. The van der Waals surface area contributed by atoms with Gasteiger partial charge in [-0.2, -0.15) is 0 Å². The maximum absolute atomic E-state index is 13.7. The summed E-state index contributed by atoms with van der Waals surface area (Å²) in [6, 6.07) is 9.98. The van der Waals surface area contributed by atoms with Crippen LogP contribution in [0.4, 0.5) is 4.39 Å². The van der Waals surface area contributed by atoms with Crippen LogP contribution in [0, 0.1) is 11.7 Å². The molecule has 0 unspecified atom stereocenters. The average Bonchev–Trinajstić information content (AvgIpc) is 3.13. The van der Waals surface area contributed by atoms with Gasteiger partial charge in [-0.1, -0.05) is 18.2 Å². The van der Waals surface area contributed by atoms with E-state index in [0.717, 1.165) is 17.7 Å². The molecule has 6 heteroatoms. The summed E-state index contributed by atoms with van der Waals surface area (Å²) >= 11 is 1.58. The number of hydrogen-bond donors (Lipinski definition) is 1. The fourth-order valence-electron chi connectivity index (χ4n) is 3.04. The molecular formula is C19H21FN2O2S. The van der Waals surface area contributed by atoms with Gasteiger partial charge in [0.05, 0.1) is 12.0 Å². The monoisotopic (exact) mass is 360 g/mol. The first-order valence-electron chi connectivity index (χ1n) is 8.46. The van der Waals surface area contributed by atoms with E-state index < -0.39 is 5.82 Å². The summed E-state index contributed by atoms with van der Waals surface area (Å²) in [6.07, 6.45) is 2.06. The van der Waals surface area contributed by atoms with E-state index in [4.69, 9.17) is 0 Å². The number of rotatable bonds is 5. The molecule has 4 nitrogen and oxygen atoms in total. The fourth-order valence-corrected chi connectivity index (χ4v) is 3.74. The third-order valence-electron chi connectivity index (χ3n) is 4.51. The number of benzene rings is 1. The maximum Gasteiger partial charge on any atom is 0.256 e. The van der Waals surface area contributed by atoms with Crippen molar-refractivity contribution in [2.45, 2.75) is 19.3 Å². The smallest absolute Gasteiger partial charge is 0.256 e. The Morgan fingerprint density at radius 1 is 1.16 bits per heavy atom. The van der Waals surface area contributed by atoms with Gasteiger partial charge in [-0.3, -0.25) is 9.59 Å². The molecule has 2 aromatic rings. The number of halogens is 1. The highest BCUT2D eigenvalue weighted by molar-refractivity contribution is 7.10. The molecule has 25 heavy (non-hydrogen) atoms. The number of carbonyl (C=O) groups excluding carboxylic acids is 2. The van der Waals surface area contributed by atoms with Crippen molar-refractivity contribution in [2.24, 2.45) is 5.92 Å². The molecule has 0 bridgehead atoms. The van der Waals surface area contributed by atoms with Crippen LogP contribution in [0.25, 0.3) is 0 Å². The summed E-state index contributed by atoms with van der Waals surface area (Å²) in [7, 11) is 0. The fraction of sp³-hybridized carbons (Fsp3) is 0.368. The number of carbonyl (C=O) groups is 2. The number of amides is 2. The first-order chi connectivity index (χ1) is 12.1. The summed E-state index contributed by atoms with van der Waals surface area (Å²) in [6.45, 7) is 1.82. The van der Waals surface area contributed by atoms with E-state index in [1.165, 1.54) is 12.1 Å². The van der Waals surface area contributed by atoms with Gasteiger partial charge in [-0.15, -0.1) is 11.3 Å². The van der Waals surface area contributed by atoms with Crippen LogP contribution in [-0.2, 0) is 11.2 Å². The van der Waals surface area contributed by atoms with E-state index >= 15 is 0 Å². The van der Waals surface area contributed by atoms with Crippen LogP contribution in [0.3, 0.4) is 0 Å². The maximum atomic E-state index is 13.7. The lowest BCUT2D eigenvalue weighted by atomic mass is 9.96. The summed E-state index contributed by atoms with van der Waals surface area (Å²) in [5.74, 6) is -0.335. The number of piperidine rings is 1. The van der Waals surface area contributed by atoms with Crippen LogP contribution in [0.1, 0.15) is 28.1 Å². The highest BCUT2D eigenvalue weighted by atomic mass is 32.1. The Bertz CT molecular complexity index is 725. The third-order valence-corrected chi connectivity index (χ3v) is 5.39. The van der Waals surface area contributed by atoms with E-state index in [-0.39, 0.29) is 17.4 Å². The van der Waals surface area contributed by atoms with Gasteiger partial charge in [0, 0.05) is 24.5 Å². The molecule has 1 aliphatic heterocycles. The summed E-state index contributed by atoms with van der Waals surface area (Å²) < 4.78 is 13.7. The Kier molecular flexibility index (Phi) is 5.81. The summed E-state index contributed by atoms with van der Waals surface area (Å²) in [5, 5.41) is 4.94. The summed E-state index contributed by atoms with van der Waals surface area (Å²) in [5.41, 5.74) is 0.130. The van der Waals surface area contributed by atoms with E-state index in [1.807, 2.05) is 17.5 Å². The van der Waals surface area contributed by atoms with Gasteiger partial charge in [0.1, 0.15) is 5.82 Å². The van der Waals surface area contributed by atoms with E-state index in [2.05, 4.69) is 5.32 Å². The minimum Gasteiger partial charge on any atom is -0.356 e. The van der Waals surface area contributed by atoms with E-state index in [0.29, 0.717) is 32.0 Å². The molecule has 2 amide bonds. The first kappa shape index (κ1) is 17.6. The Morgan fingerprint density at radius 3 is 2.60 bits per heavy atom. The van der Waals surface area contributed by atoms with Crippen LogP contribution in [-0.4, -0.2) is 36.3 Å². The molecule has 1 aromatic carbocycles. The second kappa shape index (κ2) is 8.25. The Hall–Kier alpha value is -2.21. The van der Waals surface area contributed by atoms with Crippen LogP contribution in [0.5, 0.6) is 0 Å². The average molecular weight is 360 g/mol. The topological polar surface area (TPSA) is 49.4 Å². The minimum atomic E-state index is -0.476. The molecule has 0 spiro atoms. The number of likely N-dealkylation sites (tertiary alicyclic amines) is 1. The molecule has 0 atom stereocenters. The van der Waals surface area contributed by atoms with Gasteiger partial charge >= 0.3 is 0 Å². The van der Waals surface area contributed by atoms with Crippen LogP contribution >= 0.6 is 11.3 Å². The Morgan fingerprint density at radius 2 is 1.92 bits per heavy atom. The van der Waals surface area contributed by atoms with Crippen molar-refractivity contribution in [3.63, 3.8) is 0 Å². The number of nitrogens with zero attached hydrogens (tertiary/aromatic N) is 1. The van der Waals surface area contributed by atoms with Gasteiger partial charge < -0.3 is 10.2 Å². The normalized spacial score (nSPS) is 15.2. The van der Waals surface area contributed by atoms with Crippen LogP contribution in [0.15, 0.2) is 41.8 Å². The molecule has 1 N–H and O–H groups in total. The molecule has 0 aliphatic carbocycles. The molecular weight excluding hydrogens is 339 g/mol. The van der Waals surface area contributed by atoms with Crippen molar-refractivity contribution < 1.29 is 14.0 Å². The Balaban J connectivity index is 1.43. The zero-order valence-corrected chi connectivity index (χ0v) is 14.7. The van der Waals surface area contributed by atoms with Gasteiger partial charge in [0.25, 0.3) is 5.91 Å². The number of hydrogen-bond acceptors (Lipinski definition) is 3. The van der Waals surface area contributed by atoms with Crippen molar-refractivity contribution in [3.8, 4) is 0 Å². The van der Waals surface area contributed by atoms with Crippen molar-refractivity contribution in [2.75, 3.05) is 19.6 Å². The standard InChI is InChI=1S/C19H21FN2O2S/c20-17-6-2-1-5-16(17)19(24)22-9-7-14(8-10-22)13-21-18(23)12-15-4-3-11-25-15/h1-6,11,14H,7-10,12-13H2,(H,21,23). The van der Waals surface area contributed by atoms with Crippen LogP contribution < -0.4 is 5.32 Å². The summed E-state index contributed by atoms with van der Waals surface area (Å²) in [4.78, 5) is 27.1. The van der Waals surface area contributed by atoms with Crippen molar-refractivity contribution in [3.05, 3.63) is 58.0 Å². The molecule has 0 saturated carbocycles. The van der Waals surface area contributed by atoms with Crippen molar-refractivity contribution >= 4 is 23.2 Å². The van der Waals surface area contributed by atoms with Gasteiger partial charge in [0.15, 0.2) is 0 Å². The molecule has 0 radical (unpaired) electrons. The van der Waals surface area contributed by atoms with Gasteiger partial charge in [-0.25, -0.2) is 4.39 Å². The largest absolute Gasteiger partial charge is 0.356 e. The lowest BCUT2D eigenvalue weighted by molar-refractivity contribution is -0.120. The SMILES string of the molecule is O=C(Cc1cccs1)NCC1CCN(C(=O)c2ccccc2F)CC1. The highest BCUT2D eigenvalue weighted by Gasteiger charge is 2.25. The van der Waals surface area contributed by atoms with Gasteiger partial charge in [-0.05, 0) is 42.3 Å². The predicted molar refractivity (Wildman–Crippen MR) is 96.1 cm³/mol. The van der Waals surface area contributed by atoms with E-state index in [9.17, 15) is 14.0 Å². The lowest BCUT2D eigenvalue weighted by Gasteiger charge is -2.32. The molecule has 1 aliphatic rings. The quantitative estimate of drug-likeness (QED) is 0.891. The molecule has 3 rings (SSSR count). The second-order valence-corrected chi connectivity index (χ2v) is 7.31. The van der Waals surface area contributed by atoms with Crippen LogP contribution in [0.2, 0.25) is 0 Å². The van der Waals surface area contributed by atoms with Crippen molar-refractivity contribution in [1.29, 1.82) is 0 Å². The predicted octanol–water partition coefficient (Wildman–Crippen LogP) is 3.10. The Labute approximate surface area is 150 Å². The number of thiophene rings is 1. The zero-order valence-electron chi connectivity index (χ0n) is 13.9.